The smallest absolute Gasteiger partial charge is 0.246 e. The Morgan fingerprint density at radius 3 is 2.56 bits per heavy atom. The fourth-order valence-corrected chi connectivity index (χ4v) is 7.87. The van der Waals surface area contributed by atoms with Gasteiger partial charge in [-0.15, -0.1) is 0 Å². The second-order valence-electron chi connectivity index (χ2n) is 13.2. The minimum Gasteiger partial charge on any atom is -0.359 e. The Bertz CT molecular complexity index is 1240. The van der Waals surface area contributed by atoms with Gasteiger partial charge in [0.15, 0.2) is 0 Å². The summed E-state index contributed by atoms with van der Waals surface area (Å²) in [6, 6.07) is 7.19. The number of ether oxygens (including phenoxy) is 1. The molecular weight excluding hydrogens is 514 g/mol. The molecule has 3 heterocycles. The predicted octanol–water partition coefficient (Wildman–Crippen LogP) is 5.48. The van der Waals surface area contributed by atoms with E-state index in [4.69, 9.17) is 4.74 Å². The van der Waals surface area contributed by atoms with Gasteiger partial charge in [-0.25, -0.2) is 0 Å². The van der Waals surface area contributed by atoms with Crippen molar-refractivity contribution in [1.82, 2.24) is 10.2 Å². The molecular formula is C34H45N3O4. The molecule has 220 valence electrons. The summed E-state index contributed by atoms with van der Waals surface area (Å²) in [5.74, 6) is -1.11. The Kier molecular flexibility index (Phi) is 7.84. The van der Waals surface area contributed by atoms with Gasteiger partial charge < -0.3 is 20.3 Å². The quantitative estimate of drug-likeness (QED) is 0.413. The van der Waals surface area contributed by atoms with Crippen LogP contribution < -0.4 is 10.6 Å². The van der Waals surface area contributed by atoms with Crippen molar-refractivity contribution in [2.45, 2.75) is 108 Å². The number of fused-ring (bicyclic) bond motifs is 1. The first-order chi connectivity index (χ1) is 19.8. The summed E-state index contributed by atoms with van der Waals surface area (Å²) in [6.07, 6.45) is 15.2. The summed E-state index contributed by atoms with van der Waals surface area (Å²) in [5.41, 5.74) is 2.14. The Labute approximate surface area is 244 Å². The molecule has 7 nitrogen and oxygen atoms in total. The van der Waals surface area contributed by atoms with E-state index in [0.717, 1.165) is 38.5 Å². The predicted molar refractivity (Wildman–Crippen MR) is 159 cm³/mol. The van der Waals surface area contributed by atoms with E-state index < -0.39 is 29.6 Å². The topological polar surface area (TPSA) is 87.7 Å². The van der Waals surface area contributed by atoms with Crippen LogP contribution in [0.2, 0.25) is 0 Å². The molecule has 1 spiro atoms. The average molecular weight is 560 g/mol. The number of carbonyl (C=O) groups excluding carboxylic acids is 3. The van der Waals surface area contributed by atoms with Gasteiger partial charge in [-0.1, -0.05) is 69.5 Å². The van der Waals surface area contributed by atoms with E-state index in [1.165, 1.54) is 30.4 Å². The zero-order valence-corrected chi connectivity index (χ0v) is 24.7. The van der Waals surface area contributed by atoms with E-state index in [1.807, 2.05) is 36.4 Å². The molecule has 1 aromatic rings. The van der Waals surface area contributed by atoms with Crippen molar-refractivity contribution in [3.05, 3.63) is 53.6 Å². The van der Waals surface area contributed by atoms with Crippen LogP contribution in [0.1, 0.15) is 90.0 Å². The first-order valence-corrected chi connectivity index (χ1v) is 15.9. The number of benzene rings is 1. The lowest BCUT2D eigenvalue weighted by atomic mass is 9.74. The molecule has 0 aromatic heterocycles. The second kappa shape index (κ2) is 11.4. The van der Waals surface area contributed by atoms with Gasteiger partial charge >= 0.3 is 0 Å². The van der Waals surface area contributed by atoms with Crippen molar-refractivity contribution < 1.29 is 19.1 Å². The molecule has 1 aromatic carbocycles. The zero-order valence-electron chi connectivity index (χ0n) is 24.7. The summed E-state index contributed by atoms with van der Waals surface area (Å²) in [4.78, 5) is 43.8. The van der Waals surface area contributed by atoms with Gasteiger partial charge in [-0.3, -0.25) is 14.4 Å². The van der Waals surface area contributed by atoms with Crippen molar-refractivity contribution in [2.24, 2.45) is 17.8 Å². The van der Waals surface area contributed by atoms with E-state index in [2.05, 4.69) is 37.5 Å². The van der Waals surface area contributed by atoms with Crippen molar-refractivity contribution in [3.63, 3.8) is 0 Å². The Morgan fingerprint density at radius 1 is 1.07 bits per heavy atom. The van der Waals surface area contributed by atoms with E-state index in [-0.39, 0.29) is 23.8 Å². The highest BCUT2D eigenvalue weighted by atomic mass is 16.5. The lowest BCUT2D eigenvalue weighted by Crippen LogP contribution is -2.57. The molecule has 3 amide bonds. The lowest BCUT2D eigenvalue weighted by Gasteiger charge is -2.36. The van der Waals surface area contributed by atoms with Crippen LogP contribution in [0.5, 0.6) is 0 Å². The Balaban J connectivity index is 1.26. The number of likely N-dealkylation sites (tertiary alicyclic amines) is 1. The molecule has 41 heavy (non-hydrogen) atoms. The van der Waals surface area contributed by atoms with Crippen LogP contribution in [0.25, 0.3) is 0 Å². The van der Waals surface area contributed by atoms with Crippen LogP contribution in [0.4, 0.5) is 5.69 Å². The maximum atomic E-state index is 14.2. The molecule has 6 rings (SSSR count). The highest BCUT2D eigenvalue weighted by Gasteiger charge is 2.72. The number of allylic oxidation sites excluding steroid dienone is 1. The molecule has 7 atom stereocenters. The minimum absolute atomic E-state index is 0.0974. The van der Waals surface area contributed by atoms with Crippen molar-refractivity contribution in [2.75, 3.05) is 11.9 Å². The standard InChI is InChI=1S/C34H45N3O4/c1-21(2)24-13-15-25(16-14-24)35-31(38)28-27-17-19-34(41-27)29(28)33(40)37(20-18-23-10-5-4-6-11-23)30(34)32(39)36-26-12-8-7-9-22(26)3/h10,13-17,19,21-22,26-30H,4-9,11-12,18,20H2,1-3H3,(H,35,38)(H,36,39)/t22-,26+,27+,28-,29+,30+,34+/m0/s1. The van der Waals surface area contributed by atoms with Crippen LogP contribution in [-0.4, -0.2) is 53.0 Å². The second-order valence-corrected chi connectivity index (χ2v) is 13.2. The van der Waals surface area contributed by atoms with E-state index in [1.54, 1.807) is 4.90 Å². The van der Waals surface area contributed by atoms with Crippen molar-refractivity contribution >= 4 is 23.4 Å². The summed E-state index contributed by atoms with van der Waals surface area (Å²) in [5, 5.41) is 6.37. The van der Waals surface area contributed by atoms with Gasteiger partial charge in [0.2, 0.25) is 17.7 Å². The maximum absolute atomic E-state index is 14.2. The number of nitrogens with one attached hydrogen (secondary N) is 2. The van der Waals surface area contributed by atoms with Crippen LogP contribution in [0, 0.1) is 17.8 Å². The van der Waals surface area contributed by atoms with E-state index in [0.29, 0.717) is 24.1 Å². The van der Waals surface area contributed by atoms with Crippen LogP contribution in [0.3, 0.4) is 0 Å². The summed E-state index contributed by atoms with van der Waals surface area (Å²) in [6.45, 7) is 6.93. The first-order valence-electron chi connectivity index (χ1n) is 15.9. The number of nitrogens with zero attached hydrogens (tertiary/aromatic N) is 1. The minimum atomic E-state index is -1.12. The van der Waals surface area contributed by atoms with Crippen molar-refractivity contribution in [1.29, 1.82) is 0 Å². The van der Waals surface area contributed by atoms with Gasteiger partial charge in [0.25, 0.3) is 0 Å². The van der Waals surface area contributed by atoms with Gasteiger partial charge in [0, 0.05) is 18.3 Å². The van der Waals surface area contributed by atoms with Gasteiger partial charge in [-0.05, 0) is 74.5 Å². The van der Waals surface area contributed by atoms with E-state index >= 15 is 0 Å². The third-order valence-corrected chi connectivity index (χ3v) is 10.3. The fourth-order valence-electron chi connectivity index (χ4n) is 7.87. The molecule has 5 aliphatic rings. The van der Waals surface area contributed by atoms with Crippen LogP contribution in [-0.2, 0) is 19.1 Å². The summed E-state index contributed by atoms with van der Waals surface area (Å²) in [7, 11) is 0. The van der Waals surface area contributed by atoms with Crippen LogP contribution >= 0.6 is 0 Å². The summed E-state index contributed by atoms with van der Waals surface area (Å²) >= 11 is 0. The first kappa shape index (κ1) is 28.2. The normalized spacial score (nSPS) is 34.1. The molecule has 0 radical (unpaired) electrons. The third kappa shape index (κ3) is 5.15. The number of rotatable bonds is 8. The Morgan fingerprint density at radius 2 is 1.85 bits per heavy atom. The van der Waals surface area contributed by atoms with Gasteiger partial charge in [0.1, 0.15) is 11.6 Å². The number of hydrogen-bond donors (Lipinski definition) is 2. The molecule has 2 aliphatic carbocycles. The fraction of sp³-hybridized carbons (Fsp3) is 0.618. The molecule has 7 heteroatoms. The number of hydrogen-bond acceptors (Lipinski definition) is 4. The lowest BCUT2D eigenvalue weighted by molar-refractivity contribution is -0.141. The SMILES string of the molecule is CC(C)c1ccc(NC(=O)[C@H]2[C@H]3C=C[C@@]4(O3)[C@H]2C(=O)N(CCC2=CCCCC2)[C@@H]4C(=O)N[C@@H]2CCCC[C@@H]2C)cc1. The maximum Gasteiger partial charge on any atom is 0.246 e. The Hall–Kier alpha value is -2.93. The molecule has 2 N–H and O–H groups in total. The number of carbonyl (C=O) groups is 3. The van der Waals surface area contributed by atoms with Crippen molar-refractivity contribution in [3.8, 4) is 0 Å². The molecule has 3 aliphatic heterocycles. The number of amides is 3. The summed E-state index contributed by atoms with van der Waals surface area (Å²) < 4.78 is 6.54. The van der Waals surface area contributed by atoms with Gasteiger partial charge in [-0.2, -0.15) is 0 Å². The molecule has 0 unspecified atom stereocenters. The highest BCUT2D eigenvalue weighted by Crippen LogP contribution is 2.55. The zero-order chi connectivity index (χ0) is 28.7. The average Bonchev–Trinajstić information content (AvgIpc) is 3.61. The van der Waals surface area contributed by atoms with E-state index in [9.17, 15) is 14.4 Å². The van der Waals surface area contributed by atoms with Crippen LogP contribution in [0.15, 0.2) is 48.1 Å². The largest absolute Gasteiger partial charge is 0.359 e. The molecule has 2 bridgehead atoms. The number of anilines is 1. The highest BCUT2D eigenvalue weighted by molar-refractivity contribution is 6.02. The monoisotopic (exact) mass is 559 g/mol. The molecule has 2 saturated heterocycles. The molecule has 3 fully saturated rings. The molecule has 1 saturated carbocycles. The van der Waals surface area contributed by atoms with Gasteiger partial charge in [0.05, 0.1) is 17.9 Å². The third-order valence-electron chi connectivity index (χ3n) is 10.3.